The standard InChI is InChI=1S/C20H18N2O5S/c1-25-15-5-6-16(18(9-15)26-2)17(23)11-27-19(24)8-14-12-28-20(22-14)13-4-3-7-21-10-13/h3-7,9-10,12H,8,11H2,1-2H3. The van der Waals surface area contributed by atoms with Gasteiger partial charge in [-0.2, -0.15) is 0 Å². The Morgan fingerprint density at radius 1 is 1.14 bits per heavy atom. The van der Waals surface area contributed by atoms with Gasteiger partial charge in [0.25, 0.3) is 0 Å². The molecule has 2 aromatic heterocycles. The number of rotatable bonds is 8. The van der Waals surface area contributed by atoms with Crippen molar-refractivity contribution in [3.8, 4) is 22.1 Å². The monoisotopic (exact) mass is 398 g/mol. The van der Waals surface area contributed by atoms with Crippen LogP contribution < -0.4 is 9.47 Å². The number of nitrogens with zero attached hydrogens (tertiary/aromatic N) is 2. The number of benzene rings is 1. The third-order valence-electron chi connectivity index (χ3n) is 3.86. The van der Waals surface area contributed by atoms with E-state index >= 15 is 0 Å². The lowest BCUT2D eigenvalue weighted by Crippen LogP contribution is -2.16. The van der Waals surface area contributed by atoms with Gasteiger partial charge in [0.05, 0.1) is 31.9 Å². The van der Waals surface area contributed by atoms with Crippen LogP contribution in [-0.2, 0) is 16.0 Å². The molecule has 0 aliphatic heterocycles. The summed E-state index contributed by atoms with van der Waals surface area (Å²) in [6, 6.07) is 8.55. The molecule has 0 amide bonds. The van der Waals surface area contributed by atoms with Crippen molar-refractivity contribution in [3.63, 3.8) is 0 Å². The van der Waals surface area contributed by atoms with Crippen molar-refractivity contribution < 1.29 is 23.8 Å². The summed E-state index contributed by atoms with van der Waals surface area (Å²) in [4.78, 5) is 32.9. The number of carbonyl (C=O) groups excluding carboxylic acids is 2. The van der Waals surface area contributed by atoms with Crippen LogP contribution >= 0.6 is 11.3 Å². The van der Waals surface area contributed by atoms with Crippen LogP contribution in [0.5, 0.6) is 11.5 Å². The first kappa shape index (κ1) is 19.5. The molecule has 0 saturated heterocycles. The number of ether oxygens (including phenoxy) is 3. The molecule has 0 spiro atoms. The molecule has 0 fully saturated rings. The van der Waals surface area contributed by atoms with Crippen molar-refractivity contribution in [3.05, 3.63) is 59.4 Å². The first-order valence-electron chi connectivity index (χ1n) is 8.36. The summed E-state index contributed by atoms with van der Waals surface area (Å²) in [5.41, 5.74) is 1.79. The molecule has 0 N–H and O–H groups in total. The number of Topliss-reactive ketones (excluding diaryl/α,β-unsaturated/α-hetero) is 1. The first-order valence-corrected chi connectivity index (χ1v) is 9.24. The van der Waals surface area contributed by atoms with Crippen LogP contribution in [0.1, 0.15) is 16.1 Å². The highest BCUT2D eigenvalue weighted by molar-refractivity contribution is 7.13. The molecule has 0 aliphatic carbocycles. The highest BCUT2D eigenvalue weighted by atomic mass is 32.1. The Morgan fingerprint density at radius 3 is 2.71 bits per heavy atom. The van der Waals surface area contributed by atoms with E-state index in [-0.39, 0.29) is 18.8 Å². The van der Waals surface area contributed by atoms with Crippen LogP contribution in [0.15, 0.2) is 48.1 Å². The second-order valence-corrected chi connectivity index (χ2v) is 6.57. The molecule has 1 aromatic carbocycles. The Morgan fingerprint density at radius 2 is 2.00 bits per heavy atom. The number of esters is 1. The van der Waals surface area contributed by atoms with E-state index in [9.17, 15) is 9.59 Å². The van der Waals surface area contributed by atoms with Crippen LogP contribution in [0.25, 0.3) is 10.6 Å². The predicted octanol–water partition coefficient (Wildman–Crippen LogP) is 3.19. The molecule has 7 nitrogen and oxygen atoms in total. The number of thiazole rings is 1. The molecule has 0 aliphatic rings. The zero-order valence-electron chi connectivity index (χ0n) is 15.4. The van der Waals surface area contributed by atoms with E-state index in [1.54, 1.807) is 36.0 Å². The maximum absolute atomic E-state index is 12.4. The zero-order valence-corrected chi connectivity index (χ0v) is 16.2. The summed E-state index contributed by atoms with van der Waals surface area (Å²) < 4.78 is 15.4. The number of carbonyl (C=O) groups is 2. The molecular weight excluding hydrogens is 380 g/mol. The number of methoxy groups -OCH3 is 2. The van der Waals surface area contributed by atoms with E-state index in [1.807, 2.05) is 12.1 Å². The average molecular weight is 398 g/mol. The highest BCUT2D eigenvalue weighted by Gasteiger charge is 2.16. The lowest BCUT2D eigenvalue weighted by molar-refractivity contribution is -0.141. The van der Waals surface area contributed by atoms with Crippen molar-refractivity contribution >= 4 is 23.1 Å². The summed E-state index contributed by atoms with van der Waals surface area (Å²) in [5, 5.41) is 2.56. The molecule has 2 heterocycles. The van der Waals surface area contributed by atoms with Crippen molar-refractivity contribution in [1.29, 1.82) is 0 Å². The van der Waals surface area contributed by atoms with Crippen molar-refractivity contribution in [2.75, 3.05) is 20.8 Å². The van der Waals surface area contributed by atoms with Gasteiger partial charge in [-0.05, 0) is 24.3 Å². The number of ketones is 1. The lowest BCUT2D eigenvalue weighted by Gasteiger charge is -2.09. The number of hydrogen-bond acceptors (Lipinski definition) is 8. The second-order valence-electron chi connectivity index (χ2n) is 5.71. The summed E-state index contributed by atoms with van der Waals surface area (Å²) in [6.07, 6.45) is 3.38. The van der Waals surface area contributed by atoms with E-state index in [1.165, 1.54) is 25.6 Å². The first-order chi connectivity index (χ1) is 13.6. The van der Waals surface area contributed by atoms with Crippen LogP contribution in [0.3, 0.4) is 0 Å². The van der Waals surface area contributed by atoms with Crippen LogP contribution in [0.4, 0.5) is 0 Å². The van der Waals surface area contributed by atoms with E-state index in [0.717, 1.165) is 10.6 Å². The van der Waals surface area contributed by atoms with E-state index in [0.29, 0.717) is 22.8 Å². The summed E-state index contributed by atoms with van der Waals surface area (Å²) >= 11 is 1.42. The molecule has 3 rings (SSSR count). The van der Waals surface area contributed by atoms with Gasteiger partial charge in [0, 0.05) is 29.4 Å². The fraction of sp³-hybridized carbons (Fsp3) is 0.200. The zero-order chi connectivity index (χ0) is 19.9. The van der Waals surface area contributed by atoms with Gasteiger partial charge in [0.2, 0.25) is 5.78 Å². The summed E-state index contributed by atoms with van der Waals surface area (Å²) in [7, 11) is 2.98. The normalized spacial score (nSPS) is 10.4. The van der Waals surface area contributed by atoms with Gasteiger partial charge in [-0.1, -0.05) is 0 Å². The van der Waals surface area contributed by atoms with E-state index in [4.69, 9.17) is 14.2 Å². The highest BCUT2D eigenvalue weighted by Crippen LogP contribution is 2.25. The Labute approximate surface area is 165 Å². The Balaban J connectivity index is 1.57. The van der Waals surface area contributed by atoms with Crippen molar-refractivity contribution in [1.82, 2.24) is 9.97 Å². The molecule has 144 valence electrons. The maximum Gasteiger partial charge on any atom is 0.312 e. The van der Waals surface area contributed by atoms with Gasteiger partial charge >= 0.3 is 5.97 Å². The van der Waals surface area contributed by atoms with Crippen molar-refractivity contribution in [2.24, 2.45) is 0 Å². The van der Waals surface area contributed by atoms with Crippen molar-refractivity contribution in [2.45, 2.75) is 6.42 Å². The SMILES string of the molecule is COc1ccc(C(=O)COC(=O)Cc2csc(-c3cccnc3)n2)c(OC)c1. The van der Waals surface area contributed by atoms with Crippen LogP contribution in [-0.4, -0.2) is 42.5 Å². The Kier molecular flexibility index (Phi) is 6.33. The van der Waals surface area contributed by atoms with Crippen LogP contribution in [0, 0.1) is 0 Å². The number of pyridine rings is 1. The summed E-state index contributed by atoms with van der Waals surface area (Å²) in [5.74, 6) is 0.0467. The van der Waals surface area contributed by atoms with E-state index in [2.05, 4.69) is 9.97 Å². The summed E-state index contributed by atoms with van der Waals surface area (Å²) in [6.45, 7) is -0.374. The molecule has 0 bridgehead atoms. The predicted molar refractivity (Wildman–Crippen MR) is 104 cm³/mol. The Hall–Kier alpha value is -3.26. The topological polar surface area (TPSA) is 87.6 Å². The fourth-order valence-electron chi connectivity index (χ4n) is 2.46. The third-order valence-corrected chi connectivity index (χ3v) is 4.80. The van der Waals surface area contributed by atoms with Gasteiger partial charge in [0.15, 0.2) is 6.61 Å². The van der Waals surface area contributed by atoms with Gasteiger partial charge < -0.3 is 14.2 Å². The maximum atomic E-state index is 12.4. The van der Waals surface area contributed by atoms with Gasteiger partial charge in [0.1, 0.15) is 16.5 Å². The number of hydrogen-bond donors (Lipinski definition) is 0. The molecule has 0 saturated carbocycles. The fourth-order valence-corrected chi connectivity index (χ4v) is 3.27. The minimum atomic E-state index is -0.524. The van der Waals surface area contributed by atoms with E-state index < -0.39 is 5.97 Å². The van der Waals surface area contributed by atoms with Crippen LogP contribution in [0.2, 0.25) is 0 Å². The minimum Gasteiger partial charge on any atom is -0.497 e. The minimum absolute atomic E-state index is 0.0101. The second kappa shape index (κ2) is 9.09. The lowest BCUT2D eigenvalue weighted by atomic mass is 10.1. The molecule has 28 heavy (non-hydrogen) atoms. The Bertz CT molecular complexity index is 972. The molecule has 3 aromatic rings. The molecule has 0 unspecified atom stereocenters. The largest absolute Gasteiger partial charge is 0.497 e. The average Bonchev–Trinajstić information content (AvgIpc) is 3.20. The molecular formula is C20H18N2O5S. The third kappa shape index (κ3) is 4.72. The number of aromatic nitrogens is 2. The molecule has 0 atom stereocenters. The quantitative estimate of drug-likeness (QED) is 0.425. The van der Waals surface area contributed by atoms with Gasteiger partial charge in [-0.25, -0.2) is 4.98 Å². The van der Waals surface area contributed by atoms with Gasteiger partial charge in [-0.15, -0.1) is 11.3 Å². The van der Waals surface area contributed by atoms with Gasteiger partial charge in [-0.3, -0.25) is 14.6 Å². The molecule has 0 radical (unpaired) electrons. The molecule has 8 heteroatoms. The smallest absolute Gasteiger partial charge is 0.312 e.